The van der Waals surface area contributed by atoms with Gasteiger partial charge in [-0.15, -0.1) is 11.3 Å². The summed E-state index contributed by atoms with van der Waals surface area (Å²) in [5.74, 6) is 0.0417. The third kappa shape index (κ3) is 2.18. The summed E-state index contributed by atoms with van der Waals surface area (Å²) in [6.07, 6.45) is 0. The summed E-state index contributed by atoms with van der Waals surface area (Å²) in [5, 5.41) is 0. The van der Waals surface area contributed by atoms with Gasteiger partial charge in [0.05, 0.1) is 9.21 Å². The van der Waals surface area contributed by atoms with Gasteiger partial charge in [0, 0.05) is 5.56 Å². The molecule has 2 aromatic rings. The lowest BCUT2D eigenvalue weighted by Crippen LogP contribution is -1.99. The van der Waals surface area contributed by atoms with Gasteiger partial charge in [0.25, 0.3) is 0 Å². The van der Waals surface area contributed by atoms with Crippen molar-refractivity contribution in [3.63, 3.8) is 0 Å². The largest absolute Gasteiger partial charge is 0.288 e. The van der Waals surface area contributed by atoms with E-state index in [4.69, 9.17) is 11.6 Å². The fourth-order valence-electron chi connectivity index (χ4n) is 1.46. The van der Waals surface area contributed by atoms with Crippen LogP contribution in [-0.2, 0) is 0 Å². The predicted octanol–water partition coefficient (Wildman–Crippen LogP) is 4.25. The average molecular weight is 251 g/mol. The summed E-state index contributed by atoms with van der Waals surface area (Å²) in [7, 11) is 0. The molecule has 1 heterocycles. The number of aryl methyl sites for hydroxylation is 2. The maximum atomic E-state index is 12.1. The number of ketones is 1. The van der Waals surface area contributed by atoms with Gasteiger partial charge < -0.3 is 0 Å². The maximum absolute atomic E-state index is 12.1. The molecule has 82 valence electrons. The molecule has 0 aliphatic heterocycles. The van der Waals surface area contributed by atoms with Gasteiger partial charge in [-0.05, 0) is 43.2 Å². The van der Waals surface area contributed by atoms with Crippen LogP contribution in [0.2, 0.25) is 4.34 Å². The summed E-state index contributed by atoms with van der Waals surface area (Å²) in [4.78, 5) is 12.8. The summed E-state index contributed by atoms with van der Waals surface area (Å²) in [5.41, 5.74) is 3.05. The van der Waals surface area contributed by atoms with E-state index in [-0.39, 0.29) is 5.78 Å². The Labute approximate surface area is 104 Å². The Balaban J connectivity index is 2.38. The highest BCUT2D eigenvalue weighted by Crippen LogP contribution is 2.24. The van der Waals surface area contributed by atoms with Crippen LogP contribution >= 0.6 is 22.9 Å². The molecule has 2 rings (SSSR count). The molecule has 0 N–H and O–H groups in total. The van der Waals surface area contributed by atoms with E-state index in [0.717, 1.165) is 11.1 Å². The normalized spacial score (nSPS) is 10.4. The molecule has 0 spiro atoms. The lowest BCUT2D eigenvalue weighted by Gasteiger charge is -2.02. The molecule has 0 aliphatic carbocycles. The molecule has 0 atom stereocenters. The van der Waals surface area contributed by atoms with Gasteiger partial charge in [-0.25, -0.2) is 0 Å². The summed E-state index contributed by atoms with van der Waals surface area (Å²) < 4.78 is 0.646. The van der Waals surface area contributed by atoms with Crippen molar-refractivity contribution in [1.82, 2.24) is 0 Å². The minimum atomic E-state index is 0.0417. The molecule has 16 heavy (non-hydrogen) atoms. The highest BCUT2D eigenvalue weighted by molar-refractivity contribution is 7.18. The van der Waals surface area contributed by atoms with E-state index in [1.807, 2.05) is 32.0 Å². The minimum absolute atomic E-state index is 0.0417. The molecule has 0 bridgehead atoms. The van der Waals surface area contributed by atoms with E-state index in [1.54, 1.807) is 12.1 Å². The van der Waals surface area contributed by atoms with Crippen molar-refractivity contribution in [2.24, 2.45) is 0 Å². The van der Waals surface area contributed by atoms with Gasteiger partial charge in [0.1, 0.15) is 0 Å². The summed E-state index contributed by atoms with van der Waals surface area (Å²) >= 11 is 7.13. The van der Waals surface area contributed by atoms with E-state index < -0.39 is 0 Å². The Kier molecular flexibility index (Phi) is 3.13. The molecule has 0 radical (unpaired) electrons. The summed E-state index contributed by atoms with van der Waals surface area (Å²) in [6.45, 7) is 4.04. The van der Waals surface area contributed by atoms with E-state index in [2.05, 4.69) is 0 Å². The lowest BCUT2D eigenvalue weighted by molar-refractivity contribution is 0.104. The molecule has 0 saturated heterocycles. The number of halogens is 1. The molecule has 1 aromatic heterocycles. The molecular formula is C13H11ClOS. The van der Waals surface area contributed by atoms with E-state index >= 15 is 0 Å². The highest BCUT2D eigenvalue weighted by atomic mass is 35.5. The Morgan fingerprint density at radius 3 is 2.44 bits per heavy atom. The van der Waals surface area contributed by atoms with Crippen LogP contribution in [0.1, 0.15) is 26.4 Å². The molecular weight excluding hydrogens is 240 g/mol. The Hall–Kier alpha value is -1.12. The molecule has 0 fully saturated rings. The van der Waals surface area contributed by atoms with Crippen LogP contribution in [0, 0.1) is 13.8 Å². The Bertz CT molecular complexity index is 543. The van der Waals surface area contributed by atoms with Gasteiger partial charge in [-0.1, -0.05) is 23.7 Å². The first-order chi connectivity index (χ1) is 7.58. The second kappa shape index (κ2) is 4.40. The van der Waals surface area contributed by atoms with Gasteiger partial charge in [-0.2, -0.15) is 0 Å². The van der Waals surface area contributed by atoms with Crippen LogP contribution < -0.4 is 0 Å². The van der Waals surface area contributed by atoms with Gasteiger partial charge in [0.2, 0.25) is 5.78 Å². The predicted molar refractivity (Wildman–Crippen MR) is 68.7 cm³/mol. The van der Waals surface area contributed by atoms with Gasteiger partial charge in [-0.3, -0.25) is 4.79 Å². The van der Waals surface area contributed by atoms with Crippen LogP contribution in [-0.4, -0.2) is 5.78 Å². The topological polar surface area (TPSA) is 17.1 Å². The van der Waals surface area contributed by atoms with E-state index in [0.29, 0.717) is 9.21 Å². The monoisotopic (exact) mass is 250 g/mol. The third-order valence-corrected chi connectivity index (χ3v) is 3.80. The molecule has 0 aliphatic rings. The van der Waals surface area contributed by atoms with Crippen LogP contribution in [0.5, 0.6) is 0 Å². The fourth-order valence-corrected chi connectivity index (χ4v) is 2.47. The zero-order chi connectivity index (χ0) is 11.7. The van der Waals surface area contributed by atoms with Crippen LogP contribution in [0.25, 0.3) is 0 Å². The average Bonchev–Trinajstić information content (AvgIpc) is 2.68. The first-order valence-corrected chi connectivity index (χ1v) is 6.14. The molecule has 3 heteroatoms. The number of hydrogen-bond donors (Lipinski definition) is 0. The number of carbonyl (C=O) groups excluding carboxylic acids is 1. The van der Waals surface area contributed by atoms with Gasteiger partial charge >= 0.3 is 0 Å². The zero-order valence-electron chi connectivity index (χ0n) is 9.08. The fraction of sp³-hybridized carbons (Fsp3) is 0.154. The van der Waals surface area contributed by atoms with Crippen molar-refractivity contribution in [3.05, 3.63) is 56.2 Å². The first-order valence-electron chi connectivity index (χ1n) is 4.95. The van der Waals surface area contributed by atoms with Gasteiger partial charge in [0.15, 0.2) is 0 Å². The van der Waals surface area contributed by atoms with E-state index in [1.165, 1.54) is 16.9 Å². The standard InChI is InChI=1S/C13H11ClOS/c1-8-3-4-10(7-9(8)2)13(15)11-5-6-12(14)16-11/h3-7H,1-2H3. The van der Waals surface area contributed by atoms with Crippen LogP contribution in [0.3, 0.4) is 0 Å². The second-order valence-corrected chi connectivity index (χ2v) is 5.45. The zero-order valence-corrected chi connectivity index (χ0v) is 10.7. The number of benzene rings is 1. The Morgan fingerprint density at radius 1 is 1.12 bits per heavy atom. The molecule has 1 nitrogen and oxygen atoms in total. The van der Waals surface area contributed by atoms with Crippen molar-refractivity contribution in [2.75, 3.05) is 0 Å². The third-order valence-electron chi connectivity index (χ3n) is 2.57. The first kappa shape index (κ1) is 11.4. The van der Waals surface area contributed by atoms with Crippen LogP contribution in [0.15, 0.2) is 30.3 Å². The Morgan fingerprint density at radius 2 is 1.88 bits per heavy atom. The maximum Gasteiger partial charge on any atom is 0.203 e. The molecule has 0 amide bonds. The lowest BCUT2D eigenvalue weighted by atomic mass is 10.0. The number of carbonyl (C=O) groups is 1. The number of thiophene rings is 1. The second-order valence-electron chi connectivity index (χ2n) is 3.73. The molecule has 1 aromatic carbocycles. The number of rotatable bonds is 2. The van der Waals surface area contributed by atoms with Crippen molar-refractivity contribution in [1.29, 1.82) is 0 Å². The minimum Gasteiger partial charge on any atom is -0.288 e. The van der Waals surface area contributed by atoms with Crippen molar-refractivity contribution in [2.45, 2.75) is 13.8 Å². The molecule has 0 unspecified atom stereocenters. The highest BCUT2D eigenvalue weighted by Gasteiger charge is 2.11. The summed E-state index contributed by atoms with van der Waals surface area (Å²) in [6, 6.07) is 9.27. The number of hydrogen-bond acceptors (Lipinski definition) is 2. The smallest absolute Gasteiger partial charge is 0.203 e. The molecule has 0 saturated carbocycles. The van der Waals surface area contributed by atoms with Crippen molar-refractivity contribution >= 4 is 28.7 Å². The quantitative estimate of drug-likeness (QED) is 0.729. The SMILES string of the molecule is Cc1ccc(C(=O)c2ccc(Cl)s2)cc1C. The van der Waals surface area contributed by atoms with E-state index in [9.17, 15) is 4.79 Å². The van der Waals surface area contributed by atoms with Crippen LogP contribution in [0.4, 0.5) is 0 Å². The van der Waals surface area contributed by atoms with Crippen molar-refractivity contribution < 1.29 is 4.79 Å². The van der Waals surface area contributed by atoms with Crippen molar-refractivity contribution in [3.8, 4) is 0 Å².